The molecule has 0 aliphatic carbocycles. The second-order valence-corrected chi connectivity index (χ2v) is 36.4. The molecule has 0 atom stereocenters. The summed E-state index contributed by atoms with van der Waals surface area (Å²) in [7, 11) is 0. The molecular formula is C108H210CeLaO12. The van der Waals surface area contributed by atoms with Crippen molar-refractivity contribution in [1.82, 2.24) is 0 Å². The fraction of sp³-hybridized carbons (Fsp3) is 0.944. The molecule has 0 aromatic carbocycles. The summed E-state index contributed by atoms with van der Waals surface area (Å²) >= 11 is 0. The maximum absolute atomic E-state index is 10.2. The first-order valence-corrected chi connectivity index (χ1v) is 53.8. The topological polar surface area (TPSA) is 241 Å². The van der Waals surface area contributed by atoms with Gasteiger partial charge in [0.15, 0.2) is 0 Å². The Morgan fingerprint density at radius 1 is 0.115 bits per heavy atom. The van der Waals surface area contributed by atoms with E-state index in [0.29, 0.717) is 0 Å². The maximum atomic E-state index is 10.2. The van der Waals surface area contributed by atoms with Gasteiger partial charge in [0.05, 0.1) is 0 Å². The molecule has 0 fully saturated rings. The van der Waals surface area contributed by atoms with Crippen molar-refractivity contribution in [2.45, 2.75) is 658 Å². The van der Waals surface area contributed by atoms with Gasteiger partial charge in [0.1, 0.15) is 0 Å². The summed E-state index contributed by atoms with van der Waals surface area (Å²) in [5, 5.41) is 61.3. The van der Waals surface area contributed by atoms with Crippen LogP contribution in [0.15, 0.2) is 0 Å². The second kappa shape index (κ2) is 133. The molecule has 122 heavy (non-hydrogen) atoms. The van der Waals surface area contributed by atoms with Gasteiger partial charge >= 0.3 is 77.3 Å². The quantitative estimate of drug-likeness (QED) is 0.0517. The minimum atomic E-state index is -0.903. The number of unbranched alkanes of at least 4 members (excludes halogenated alkanes) is 84. The summed E-state index contributed by atoms with van der Waals surface area (Å²) in [6.07, 6.45) is 119. The Morgan fingerprint density at radius 3 is 0.213 bits per heavy atom. The molecule has 0 spiro atoms. The number of carboxylic acids is 6. The summed E-state index contributed by atoms with van der Waals surface area (Å²) in [5.41, 5.74) is 0. The predicted molar refractivity (Wildman–Crippen MR) is 507 cm³/mol. The Bertz CT molecular complexity index is 1570. The van der Waals surface area contributed by atoms with Gasteiger partial charge in [0.25, 0.3) is 0 Å². The Balaban J connectivity index is -0.000000212. The molecule has 0 N–H and O–H groups in total. The first-order valence-electron chi connectivity index (χ1n) is 53.8. The fourth-order valence-electron chi connectivity index (χ4n) is 15.8. The van der Waals surface area contributed by atoms with Crippen molar-refractivity contribution >= 4 is 35.8 Å². The third-order valence-corrected chi connectivity index (χ3v) is 23.9. The van der Waals surface area contributed by atoms with E-state index >= 15 is 0 Å². The van der Waals surface area contributed by atoms with Gasteiger partial charge in [-0.3, -0.25) is 0 Å². The molecule has 0 aliphatic rings. The van der Waals surface area contributed by atoms with Crippen molar-refractivity contribution in [3.8, 4) is 0 Å². The van der Waals surface area contributed by atoms with Crippen LogP contribution >= 0.6 is 0 Å². The zero-order valence-corrected chi connectivity index (χ0v) is 89.6. The standard InChI is InChI=1S/6C18H36O2.Ce.La/c6*1-2-3-4-5-6-7-8-9-10-11-12-13-14-15-16-17-18(19)20;;/h6*2-17H2,1H3,(H,19,20);;/q;;;;;;2*+3/p-6. The first-order chi connectivity index (χ1) is 58.6. The third-order valence-electron chi connectivity index (χ3n) is 23.9. The normalized spacial score (nSPS) is 10.7. The van der Waals surface area contributed by atoms with E-state index in [-0.39, 0.29) is 116 Å². The van der Waals surface area contributed by atoms with Crippen molar-refractivity contribution in [2.24, 2.45) is 0 Å². The van der Waals surface area contributed by atoms with Crippen LogP contribution in [0, 0.1) is 77.3 Å². The molecule has 0 rings (SSSR count). The van der Waals surface area contributed by atoms with Gasteiger partial charge in [-0.15, -0.1) is 0 Å². The minimum absolute atomic E-state index is 0. The summed E-state index contributed by atoms with van der Waals surface area (Å²) < 4.78 is 0. The van der Waals surface area contributed by atoms with Crippen LogP contribution in [0.5, 0.6) is 0 Å². The maximum Gasteiger partial charge on any atom is 3.00 e. The smallest absolute Gasteiger partial charge is 0.550 e. The molecule has 0 aromatic rings. The van der Waals surface area contributed by atoms with Gasteiger partial charge in [0.2, 0.25) is 0 Å². The molecule has 14 heteroatoms. The zero-order chi connectivity index (χ0) is 89.3. The van der Waals surface area contributed by atoms with Crippen LogP contribution in [-0.2, 0) is 28.8 Å². The average Bonchev–Trinajstić information content (AvgIpc) is 1.20. The van der Waals surface area contributed by atoms with Crippen LogP contribution in [0.1, 0.15) is 658 Å². The van der Waals surface area contributed by atoms with E-state index in [4.69, 9.17) is 0 Å². The average molecular weight is 1980 g/mol. The van der Waals surface area contributed by atoms with Crippen LogP contribution in [0.2, 0.25) is 0 Å². The predicted octanol–water partition coefficient (Wildman–Crippen LogP) is 30.0. The molecule has 0 heterocycles. The summed E-state index contributed by atoms with van der Waals surface area (Å²) in [4.78, 5) is 61.3. The zero-order valence-electron chi connectivity index (χ0n) is 82.9. The van der Waals surface area contributed by atoms with Crippen molar-refractivity contribution in [1.29, 1.82) is 0 Å². The van der Waals surface area contributed by atoms with E-state index < -0.39 is 35.8 Å². The molecule has 0 bridgehead atoms. The van der Waals surface area contributed by atoms with Gasteiger partial charge in [-0.1, -0.05) is 581 Å². The van der Waals surface area contributed by atoms with E-state index in [2.05, 4.69) is 41.5 Å². The van der Waals surface area contributed by atoms with E-state index in [1.54, 1.807) is 0 Å². The molecule has 0 aromatic heterocycles. The van der Waals surface area contributed by atoms with Gasteiger partial charge in [-0.2, -0.15) is 0 Å². The summed E-state index contributed by atoms with van der Waals surface area (Å²) in [6, 6.07) is 0. The number of carbonyl (C=O) groups excluding carboxylic acids is 6. The molecule has 0 unspecified atom stereocenters. The van der Waals surface area contributed by atoms with Crippen LogP contribution < -0.4 is 30.6 Å². The molecule has 12 nitrogen and oxygen atoms in total. The Hall–Kier alpha value is -0.609. The molecule has 1 radical (unpaired) electrons. The van der Waals surface area contributed by atoms with Crippen LogP contribution in [0.4, 0.5) is 0 Å². The van der Waals surface area contributed by atoms with Gasteiger partial charge in [-0.05, 0) is 77.0 Å². The number of aliphatic carboxylic acids is 6. The van der Waals surface area contributed by atoms with Crippen molar-refractivity contribution in [3.63, 3.8) is 0 Å². The molecule has 0 saturated carbocycles. The third kappa shape index (κ3) is 163. The SMILES string of the molecule is CCCCCCCCCCCCCCCCCC(=O)[O-].CCCCCCCCCCCCCCCCCC(=O)[O-].CCCCCCCCCCCCCCCCCC(=O)[O-].CCCCCCCCCCCCCCCCCC(=O)[O-].CCCCCCCCCCCCCCCCCC(=O)[O-].CCCCCCCCCCCCCCCCCC(=O)[O-].[Ce+3].[La+3]. The number of hydrogen-bond donors (Lipinski definition) is 0. The monoisotopic (exact) mass is 1980 g/mol. The van der Waals surface area contributed by atoms with Crippen molar-refractivity contribution in [2.75, 3.05) is 0 Å². The fourth-order valence-corrected chi connectivity index (χ4v) is 15.8. The van der Waals surface area contributed by atoms with Gasteiger partial charge < -0.3 is 59.4 Å². The largest absolute Gasteiger partial charge is 3.00 e. The van der Waals surface area contributed by atoms with Crippen molar-refractivity contribution < 1.29 is 137 Å². The van der Waals surface area contributed by atoms with E-state index in [9.17, 15) is 59.4 Å². The number of carbonyl (C=O) groups is 6. The molecule has 0 amide bonds. The first kappa shape index (κ1) is 137. The van der Waals surface area contributed by atoms with Gasteiger partial charge in [-0.25, -0.2) is 0 Å². The Labute approximate surface area is 823 Å². The Morgan fingerprint density at radius 2 is 0.164 bits per heavy atom. The van der Waals surface area contributed by atoms with Crippen LogP contribution in [0.25, 0.3) is 0 Å². The van der Waals surface area contributed by atoms with Crippen LogP contribution in [0.3, 0.4) is 0 Å². The second-order valence-electron chi connectivity index (χ2n) is 36.4. The Kier molecular flexibility index (Phi) is 150. The number of rotatable bonds is 96. The summed E-state index contributed by atoms with van der Waals surface area (Å²) in [6.45, 7) is 13.6. The number of hydrogen-bond acceptors (Lipinski definition) is 12. The van der Waals surface area contributed by atoms with Gasteiger partial charge in [0, 0.05) is 35.8 Å². The minimum Gasteiger partial charge on any atom is -0.550 e. The van der Waals surface area contributed by atoms with E-state index in [1.165, 1.54) is 501 Å². The van der Waals surface area contributed by atoms with Crippen LogP contribution in [-0.4, -0.2) is 35.8 Å². The molecule has 0 saturated heterocycles. The molecular weight excluding hydrogens is 1770 g/mol. The van der Waals surface area contributed by atoms with Crippen molar-refractivity contribution in [3.05, 3.63) is 0 Å². The number of carboxylic acid groups (broad SMARTS) is 6. The summed E-state index contributed by atoms with van der Waals surface area (Å²) in [5.74, 6) is -5.42. The molecule has 721 valence electrons. The van der Waals surface area contributed by atoms with E-state index in [0.717, 1.165) is 77.0 Å². The van der Waals surface area contributed by atoms with E-state index in [1.807, 2.05) is 0 Å². The molecule has 0 aliphatic heterocycles.